The summed E-state index contributed by atoms with van der Waals surface area (Å²) in [5.41, 5.74) is 6.51. The second kappa shape index (κ2) is 5.64. The van der Waals surface area contributed by atoms with Crippen molar-refractivity contribution in [2.45, 2.75) is 45.3 Å². The molecular formula is C16H23FN2O2. The van der Waals surface area contributed by atoms with Crippen molar-refractivity contribution in [2.75, 3.05) is 6.54 Å². The molecule has 0 heterocycles. The van der Waals surface area contributed by atoms with Crippen molar-refractivity contribution in [3.8, 4) is 0 Å². The topological polar surface area (TPSA) is 64.3 Å². The maximum absolute atomic E-state index is 13.0. The first-order chi connectivity index (χ1) is 9.72. The van der Waals surface area contributed by atoms with Crippen LogP contribution >= 0.6 is 0 Å². The van der Waals surface area contributed by atoms with Crippen molar-refractivity contribution in [1.82, 2.24) is 5.32 Å². The Labute approximate surface area is 124 Å². The third-order valence-corrected chi connectivity index (χ3v) is 3.76. The zero-order valence-corrected chi connectivity index (χ0v) is 12.8. The van der Waals surface area contributed by atoms with Gasteiger partial charge in [0, 0.05) is 18.0 Å². The fraction of sp³-hybridized carbons (Fsp3) is 0.562. The Kier molecular flexibility index (Phi) is 4.23. The lowest BCUT2D eigenvalue weighted by Crippen LogP contribution is -2.39. The summed E-state index contributed by atoms with van der Waals surface area (Å²) in [5, 5.41) is 2.79. The number of halogens is 1. The molecule has 2 rings (SSSR count). The minimum absolute atomic E-state index is 0.144. The Morgan fingerprint density at radius 1 is 1.38 bits per heavy atom. The van der Waals surface area contributed by atoms with Crippen LogP contribution < -0.4 is 11.1 Å². The van der Waals surface area contributed by atoms with Crippen LogP contribution in [0.4, 0.5) is 9.18 Å². The Morgan fingerprint density at radius 2 is 1.95 bits per heavy atom. The van der Waals surface area contributed by atoms with Gasteiger partial charge in [-0.3, -0.25) is 0 Å². The molecule has 1 atom stereocenters. The van der Waals surface area contributed by atoms with E-state index in [9.17, 15) is 9.18 Å². The number of hydrogen-bond donors (Lipinski definition) is 2. The van der Waals surface area contributed by atoms with E-state index in [0.29, 0.717) is 6.54 Å². The lowest BCUT2D eigenvalue weighted by molar-refractivity contribution is 0.0513. The fourth-order valence-electron chi connectivity index (χ4n) is 2.34. The molecule has 4 nitrogen and oxygen atoms in total. The van der Waals surface area contributed by atoms with Gasteiger partial charge in [0.1, 0.15) is 11.4 Å². The smallest absolute Gasteiger partial charge is 0.407 e. The third kappa shape index (κ3) is 4.17. The van der Waals surface area contributed by atoms with E-state index in [1.165, 1.54) is 12.1 Å². The van der Waals surface area contributed by atoms with Crippen molar-refractivity contribution in [2.24, 2.45) is 11.1 Å². The molecule has 1 unspecified atom stereocenters. The summed E-state index contributed by atoms with van der Waals surface area (Å²) in [6.45, 7) is 5.94. The van der Waals surface area contributed by atoms with Crippen LogP contribution in [0.3, 0.4) is 0 Å². The van der Waals surface area contributed by atoms with E-state index in [4.69, 9.17) is 10.5 Å². The van der Waals surface area contributed by atoms with E-state index in [-0.39, 0.29) is 17.3 Å². The quantitative estimate of drug-likeness (QED) is 0.896. The van der Waals surface area contributed by atoms with Gasteiger partial charge in [-0.1, -0.05) is 12.1 Å². The van der Waals surface area contributed by atoms with Crippen molar-refractivity contribution < 1.29 is 13.9 Å². The zero-order valence-electron chi connectivity index (χ0n) is 12.8. The Bertz CT molecular complexity index is 504. The number of carbonyl (C=O) groups excluding carboxylic acids is 1. The van der Waals surface area contributed by atoms with Crippen molar-refractivity contribution in [3.05, 3.63) is 35.6 Å². The lowest BCUT2D eigenvalue weighted by Gasteiger charge is -2.25. The molecule has 0 aliphatic heterocycles. The highest BCUT2D eigenvalue weighted by atomic mass is 19.1. The van der Waals surface area contributed by atoms with Crippen LogP contribution in [0.1, 0.15) is 45.2 Å². The highest BCUT2D eigenvalue weighted by Gasteiger charge is 2.48. The Morgan fingerprint density at radius 3 is 2.43 bits per heavy atom. The molecule has 1 saturated carbocycles. The molecule has 0 aromatic heterocycles. The molecule has 5 heteroatoms. The minimum Gasteiger partial charge on any atom is -0.444 e. The van der Waals surface area contributed by atoms with E-state index >= 15 is 0 Å². The first kappa shape index (κ1) is 15.8. The average Bonchev–Trinajstić information content (AvgIpc) is 3.16. The number of carbonyl (C=O) groups is 1. The number of hydrogen-bond acceptors (Lipinski definition) is 3. The van der Waals surface area contributed by atoms with E-state index < -0.39 is 11.7 Å². The molecule has 1 aromatic rings. The monoisotopic (exact) mass is 294 g/mol. The standard InChI is InChI=1S/C16H23FN2O2/c1-15(2,3)21-14(20)19-10-16(8-9-16)13(18)11-4-6-12(17)7-5-11/h4-7,13H,8-10,18H2,1-3H3,(H,19,20). The van der Waals surface area contributed by atoms with Gasteiger partial charge in [0.05, 0.1) is 0 Å². The van der Waals surface area contributed by atoms with E-state index in [1.807, 2.05) is 20.8 Å². The van der Waals surface area contributed by atoms with Gasteiger partial charge in [-0.15, -0.1) is 0 Å². The molecule has 3 N–H and O–H groups in total. The molecule has 0 bridgehead atoms. The summed E-state index contributed by atoms with van der Waals surface area (Å²) < 4.78 is 18.2. The second-order valence-electron chi connectivity index (χ2n) is 6.75. The first-order valence-electron chi connectivity index (χ1n) is 7.20. The van der Waals surface area contributed by atoms with Crippen LogP contribution in [-0.4, -0.2) is 18.2 Å². The summed E-state index contributed by atoms with van der Waals surface area (Å²) in [6.07, 6.45) is 1.46. The van der Waals surface area contributed by atoms with Crippen molar-refractivity contribution >= 4 is 6.09 Å². The number of nitrogens with two attached hydrogens (primary N) is 1. The molecule has 1 aliphatic rings. The predicted molar refractivity (Wildman–Crippen MR) is 79.2 cm³/mol. The van der Waals surface area contributed by atoms with Gasteiger partial charge in [0.25, 0.3) is 0 Å². The highest BCUT2D eigenvalue weighted by molar-refractivity contribution is 5.67. The SMILES string of the molecule is CC(C)(C)OC(=O)NCC1(C(N)c2ccc(F)cc2)CC1. The molecule has 1 amide bonds. The van der Waals surface area contributed by atoms with E-state index in [2.05, 4.69) is 5.32 Å². The van der Waals surface area contributed by atoms with Crippen LogP contribution in [0.25, 0.3) is 0 Å². The van der Waals surface area contributed by atoms with Crippen LogP contribution in [0.15, 0.2) is 24.3 Å². The fourth-order valence-corrected chi connectivity index (χ4v) is 2.34. The largest absolute Gasteiger partial charge is 0.444 e. The number of rotatable bonds is 4. The van der Waals surface area contributed by atoms with Crippen LogP contribution in [-0.2, 0) is 4.74 Å². The normalized spacial score (nSPS) is 18.0. The van der Waals surface area contributed by atoms with E-state index in [0.717, 1.165) is 18.4 Å². The van der Waals surface area contributed by atoms with E-state index in [1.54, 1.807) is 12.1 Å². The Balaban J connectivity index is 1.93. The maximum atomic E-state index is 13.0. The van der Waals surface area contributed by atoms with Crippen molar-refractivity contribution in [3.63, 3.8) is 0 Å². The van der Waals surface area contributed by atoms with Crippen molar-refractivity contribution in [1.29, 1.82) is 0 Å². The van der Waals surface area contributed by atoms with Gasteiger partial charge >= 0.3 is 6.09 Å². The van der Waals surface area contributed by atoms with Gasteiger partial charge < -0.3 is 15.8 Å². The van der Waals surface area contributed by atoms with Crippen LogP contribution in [0, 0.1) is 11.2 Å². The minimum atomic E-state index is -0.514. The average molecular weight is 294 g/mol. The summed E-state index contributed by atoms with van der Waals surface area (Å²) in [6, 6.07) is 6.01. The molecule has 116 valence electrons. The number of alkyl carbamates (subject to hydrolysis) is 1. The molecule has 0 spiro atoms. The number of nitrogens with one attached hydrogen (secondary N) is 1. The molecule has 0 saturated heterocycles. The number of benzene rings is 1. The number of ether oxygens (including phenoxy) is 1. The lowest BCUT2D eigenvalue weighted by atomic mass is 9.91. The van der Waals surface area contributed by atoms with Crippen LogP contribution in [0.2, 0.25) is 0 Å². The molecular weight excluding hydrogens is 271 g/mol. The highest BCUT2D eigenvalue weighted by Crippen LogP contribution is 2.53. The van der Waals surface area contributed by atoms with Gasteiger partial charge in [0.15, 0.2) is 0 Å². The first-order valence-corrected chi connectivity index (χ1v) is 7.20. The van der Waals surface area contributed by atoms with Gasteiger partial charge in [-0.25, -0.2) is 9.18 Å². The summed E-state index contributed by atoms with van der Waals surface area (Å²) in [5.74, 6) is -0.275. The zero-order chi connectivity index (χ0) is 15.7. The van der Waals surface area contributed by atoms with Gasteiger partial charge in [-0.2, -0.15) is 0 Å². The van der Waals surface area contributed by atoms with Gasteiger partial charge in [0.2, 0.25) is 0 Å². The molecule has 0 radical (unpaired) electrons. The molecule has 1 aliphatic carbocycles. The Hall–Kier alpha value is -1.62. The molecule has 1 aromatic carbocycles. The van der Waals surface area contributed by atoms with Gasteiger partial charge in [-0.05, 0) is 51.3 Å². The second-order valence-corrected chi connectivity index (χ2v) is 6.75. The molecule has 21 heavy (non-hydrogen) atoms. The summed E-state index contributed by atoms with van der Waals surface area (Å²) >= 11 is 0. The maximum Gasteiger partial charge on any atom is 0.407 e. The van der Waals surface area contributed by atoms with Crippen LogP contribution in [0.5, 0.6) is 0 Å². The third-order valence-electron chi connectivity index (χ3n) is 3.76. The predicted octanol–water partition coefficient (Wildman–Crippen LogP) is 3.13. The number of amides is 1. The molecule has 1 fully saturated rings. The summed E-state index contributed by atoms with van der Waals surface area (Å²) in [4.78, 5) is 11.7. The summed E-state index contributed by atoms with van der Waals surface area (Å²) in [7, 11) is 0.